The maximum absolute atomic E-state index is 5.64. The SMILES string of the molecule is Cc1ccc(CN2CCc3nc(N)ncc3C2)cc1C. The minimum Gasteiger partial charge on any atom is -0.368 e. The summed E-state index contributed by atoms with van der Waals surface area (Å²) in [4.78, 5) is 10.9. The molecular weight excluding hydrogens is 248 g/mol. The van der Waals surface area contributed by atoms with Crippen molar-refractivity contribution in [3.63, 3.8) is 0 Å². The number of nitrogen functional groups attached to an aromatic ring is 1. The van der Waals surface area contributed by atoms with Crippen LogP contribution in [0.1, 0.15) is 27.9 Å². The first-order chi connectivity index (χ1) is 9.61. The van der Waals surface area contributed by atoms with Crippen LogP contribution in [0.2, 0.25) is 0 Å². The summed E-state index contributed by atoms with van der Waals surface area (Å²) in [7, 11) is 0. The summed E-state index contributed by atoms with van der Waals surface area (Å²) in [5, 5.41) is 0. The van der Waals surface area contributed by atoms with Crippen LogP contribution in [0.5, 0.6) is 0 Å². The van der Waals surface area contributed by atoms with E-state index in [0.29, 0.717) is 5.95 Å². The van der Waals surface area contributed by atoms with Gasteiger partial charge in [-0.2, -0.15) is 0 Å². The molecule has 0 bridgehead atoms. The minimum absolute atomic E-state index is 0.381. The molecule has 0 fully saturated rings. The number of fused-ring (bicyclic) bond motifs is 1. The van der Waals surface area contributed by atoms with Gasteiger partial charge in [0.05, 0.1) is 5.69 Å². The lowest BCUT2D eigenvalue weighted by Crippen LogP contribution is -2.31. The van der Waals surface area contributed by atoms with Gasteiger partial charge in [-0.15, -0.1) is 0 Å². The average molecular weight is 268 g/mol. The van der Waals surface area contributed by atoms with E-state index in [2.05, 4.69) is 46.9 Å². The lowest BCUT2D eigenvalue weighted by Gasteiger charge is -2.28. The number of anilines is 1. The van der Waals surface area contributed by atoms with E-state index in [1.165, 1.54) is 22.3 Å². The summed E-state index contributed by atoms with van der Waals surface area (Å²) in [5.74, 6) is 0.381. The van der Waals surface area contributed by atoms with Crippen molar-refractivity contribution in [2.24, 2.45) is 0 Å². The monoisotopic (exact) mass is 268 g/mol. The van der Waals surface area contributed by atoms with E-state index >= 15 is 0 Å². The highest BCUT2D eigenvalue weighted by atomic mass is 15.1. The number of hydrogen-bond donors (Lipinski definition) is 1. The highest BCUT2D eigenvalue weighted by Gasteiger charge is 2.18. The molecule has 0 radical (unpaired) electrons. The number of aryl methyl sites for hydroxylation is 2. The molecule has 0 atom stereocenters. The summed E-state index contributed by atoms with van der Waals surface area (Å²) < 4.78 is 0. The third-order valence-corrected chi connectivity index (χ3v) is 4.01. The molecule has 4 heteroatoms. The van der Waals surface area contributed by atoms with Gasteiger partial charge in [-0.25, -0.2) is 9.97 Å². The topological polar surface area (TPSA) is 55.0 Å². The lowest BCUT2D eigenvalue weighted by molar-refractivity contribution is 0.243. The van der Waals surface area contributed by atoms with Gasteiger partial charge in [-0.3, -0.25) is 4.90 Å². The number of benzene rings is 1. The van der Waals surface area contributed by atoms with Crippen molar-refractivity contribution in [2.45, 2.75) is 33.4 Å². The van der Waals surface area contributed by atoms with Crippen LogP contribution in [-0.2, 0) is 19.5 Å². The molecule has 2 aromatic rings. The fourth-order valence-electron chi connectivity index (χ4n) is 2.69. The van der Waals surface area contributed by atoms with Crippen LogP contribution in [0.25, 0.3) is 0 Å². The van der Waals surface area contributed by atoms with Gasteiger partial charge in [0.1, 0.15) is 0 Å². The molecule has 0 saturated heterocycles. The molecule has 1 aliphatic heterocycles. The van der Waals surface area contributed by atoms with Crippen LogP contribution in [-0.4, -0.2) is 21.4 Å². The van der Waals surface area contributed by atoms with Crippen LogP contribution in [0.4, 0.5) is 5.95 Å². The fourth-order valence-corrected chi connectivity index (χ4v) is 2.69. The van der Waals surface area contributed by atoms with E-state index in [9.17, 15) is 0 Å². The van der Waals surface area contributed by atoms with Crippen LogP contribution in [0, 0.1) is 13.8 Å². The molecule has 0 spiro atoms. The first kappa shape index (κ1) is 13.1. The van der Waals surface area contributed by atoms with Gasteiger partial charge < -0.3 is 5.73 Å². The lowest BCUT2D eigenvalue weighted by atomic mass is 10.0. The quantitative estimate of drug-likeness (QED) is 0.907. The average Bonchev–Trinajstić information content (AvgIpc) is 2.43. The van der Waals surface area contributed by atoms with Crippen molar-refractivity contribution < 1.29 is 0 Å². The minimum atomic E-state index is 0.381. The van der Waals surface area contributed by atoms with Crippen LogP contribution >= 0.6 is 0 Å². The molecule has 4 nitrogen and oxygen atoms in total. The van der Waals surface area contributed by atoms with E-state index in [-0.39, 0.29) is 0 Å². The molecule has 1 aliphatic rings. The maximum atomic E-state index is 5.64. The normalized spacial score (nSPS) is 15.1. The number of aromatic nitrogens is 2. The Morgan fingerprint density at radius 1 is 1.25 bits per heavy atom. The standard InChI is InChI=1S/C16H20N4/c1-11-3-4-13(7-12(11)2)9-20-6-5-15-14(10-20)8-18-16(17)19-15/h3-4,7-8H,5-6,9-10H2,1-2H3,(H2,17,18,19). The molecule has 0 aliphatic carbocycles. The Hall–Kier alpha value is -1.94. The Morgan fingerprint density at radius 2 is 2.10 bits per heavy atom. The third kappa shape index (κ3) is 2.65. The van der Waals surface area contributed by atoms with Gasteiger partial charge in [0.2, 0.25) is 5.95 Å². The van der Waals surface area contributed by atoms with E-state index in [1.807, 2.05) is 6.20 Å². The largest absolute Gasteiger partial charge is 0.368 e. The zero-order chi connectivity index (χ0) is 14.1. The van der Waals surface area contributed by atoms with Crippen LogP contribution in [0.3, 0.4) is 0 Å². The Labute approximate surface area is 119 Å². The number of hydrogen-bond acceptors (Lipinski definition) is 4. The molecule has 0 unspecified atom stereocenters. The second-order valence-electron chi connectivity index (χ2n) is 5.58. The predicted molar refractivity (Wildman–Crippen MR) is 80.2 cm³/mol. The zero-order valence-corrected chi connectivity index (χ0v) is 12.1. The van der Waals surface area contributed by atoms with Crippen molar-refractivity contribution in [3.05, 3.63) is 52.3 Å². The van der Waals surface area contributed by atoms with Crippen molar-refractivity contribution in [1.29, 1.82) is 0 Å². The molecule has 1 aromatic heterocycles. The Bertz CT molecular complexity index is 636. The predicted octanol–water partition coefficient (Wildman–Crippen LogP) is 2.23. The van der Waals surface area contributed by atoms with Crippen LogP contribution in [0.15, 0.2) is 24.4 Å². The molecule has 104 valence electrons. The Kier molecular flexibility index (Phi) is 3.40. The Morgan fingerprint density at radius 3 is 2.90 bits per heavy atom. The first-order valence-corrected chi connectivity index (χ1v) is 7.00. The van der Waals surface area contributed by atoms with Crippen molar-refractivity contribution in [1.82, 2.24) is 14.9 Å². The van der Waals surface area contributed by atoms with Gasteiger partial charge in [-0.05, 0) is 30.5 Å². The molecule has 0 amide bonds. The van der Waals surface area contributed by atoms with Crippen molar-refractivity contribution in [3.8, 4) is 0 Å². The summed E-state index contributed by atoms with van der Waals surface area (Å²) in [6.45, 7) is 7.23. The first-order valence-electron chi connectivity index (χ1n) is 7.00. The summed E-state index contributed by atoms with van der Waals surface area (Å²) >= 11 is 0. The number of nitrogens with two attached hydrogens (primary N) is 1. The van der Waals surface area contributed by atoms with Crippen molar-refractivity contribution in [2.75, 3.05) is 12.3 Å². The molecule has 2 heterocycles. The van der Waals surface area contributed by atoms with Crippen LogP contribution < -0.4 is 5.73 Å². The van der Waals surface area contributed by atoms with Gasteiger partial charge in [-0.1, -0.05) is 18.2 Å². The molecular formula is C16H20N4. The van der Waals surface area contributed by atoms with E-state index in [1.54, 1.807) is 0 Å². The van der Waals surface area contributed by atoms with Gasteiger partial charge in [0.15, 0.2) is 0 Å². The number of rotatable bonds is 2. The van der Waals surface area contributed by atoms with Gasteiger partial charge in [0, 0.05) is 37.8 Å². The maximum Gasteiger partial charge on any atom is 0.220 e. The molecule has 1 aromatic carbocycles. The number of nitrogens with zero attached hydrogens (tertiary/aromatic N) is 3. The highest BCUT2D eigenvalue weighted by Crippen LogP contribution is 2.20. The summed E-state index contributed by atoms with van der Waals surface area (Å²) in [6, 6.07) is 6.70. The van der Waals surface area contributed by atoms with E-state index < -0.39 is 0 Å². The molecule has 0 saturated carbocycles. The fraction of sp³-hybridized carbons (Fsp3) is 0.375. The Balaban J connectivity index is 1.74. The van der Waals surface area contributed by atoms with E-state index in [0.717, 1.165) is 31.7 Å². The summed E-state index contributed by atoms with van der Waals surface area (Å²) in [6.07, 6.45) is 2.82. The van der Waals surface area contributed by atoms with Crippen molar-refractivity contribution >= 4 is 5.95 Å². The molecule has 2 N–H and O–H groups in total. The highest BCUT2D eigenvalue weighted by molar-refractivity contribution is 5.31. The third-order valence-electron chi connectivity index (χ3n) is 4.01. The second kappa shape index (κ2) is 5.21. The zero-order valence-electron chi connectivity index (χ0n) is 12.1. The van der Waals surface area contributed by atoms with Gasteiger partial charge >= 0.3 is 0 Å². The summed E-state index contributed by atoms with van der Waals surface area (Å²) in [5.41, 5.74) is 12.0. The van der Waals surface area contributed by atoms with E-state index in [4.69, 9.17) is 5.73 Å². The molecule has 20 heavy (non-hydrogen) atoms. The molecule has 3 rings (SSSR count). The second-order valence-corrected chi connectivity index (χ2v) is 5.58. The smallest absolute Gasteiger partial charge is 0.220 e. The van der Waals surface area contributed by atoms with Gasteiger partial charge in [0.25, 0.3) is 0 Å².